The zero-order chi connectivity index (χ0) is 14.1. The normalized spacial score (nSPS) is 11.1. The van der Waals surface area contributed by atoms with Crippen molar-refractivity contribution in [3.05, 3.63) is 38.7 Å². The average molecular weight is 298 g/mol. The third kappa shape index (κ3) is 3.35. The highest BCUT2D eigenvalue weighted by molar-refractivity contribution is 7.87. The van der Waals surface area contributed by atoms with Crippen molar-refractivity contribution in [1.82, 2.24) is 4.72 Å². The summed E-state index contributed by atoms with van der Waals surface area (Å²) in [5.41, 5.74) is -1.60. The van der Waals surface area contributed by atoms with Gasteiger partial charge in [0.05, 0.1) is 15.5 Å². The molecule has 0 heterocycles. The van der Waals surface area contributed by atoms with E-state index in [2.05, 4.69) is 5.14 Å². The van der Waals surface area contributed by atoms with Crippen LogP contribution >= 0.6 is 11.6 Å². The standard InChI is InChI=1S/C7H5ClFN3O5S/c8-4-2-5(9)6(12(14)15)1-3(4)7(13)11-18(10,16)17/h1-2H,(H,11,13)(H2,10,16,17). The van der Waals surface area contributed by atoms with Gasteiger partial charge in [-0.05, 0) is 0 Å². The lowest BCUT2D eigenvalue weighted by Gasteiger charge is -2.04. The molecule has 11 heteroatoms. The zero-order valence-electron chi connectivity index (χ0n) is 8.38. The summed E-state index contributed by atoms with van der Waals surface area (Å²) in [4.78, 5) is 20.7. The lowest BCUT2D eigenvalue weighted by atomic mass is 10.2. The monoisotopic (exact) mass is 297 g/mol. The van der Waals surface area contributed by atoms with Gasteiger partial charge in [-0.3, -0.25) is 14.9 Å². The Labute approximate surface area is 105 Å². The van der Waals surface area contributed by atoms with E-state index in [9.17, 15) is 27.7 Å². The van der Waals surface area contributed by atoms with Crippen LogP contribution in [0.4, 0.5) is 10.1 Å². The van der Waals surface area contributed by atoms with Crippen LogP contribution in [-0.4, -0.2) is 19.2 Å². The smallest absolute Gasteiger partial charge is 0.268 e. The van der Waals surface area contributed by atoms with Gasteiger partial charge in [-0.1, -0.05) is 11.6 Å². The van der Waals surface area contributed by atoms with Crippen molar-refractivity contribution in [2.45, 2.75) is 0 Å². The molecule has 1 rings (SSSR count). The molecule has 1 aromatic rings. The minimum absolute atomic E-state index is 0.487. The molecule has 1 aromatic carbocycles. The molecule has 0 saturated carbocycles. The number of nitro benzene ring substituents is 1. The molecule has 0 spiro atoms. The van der Waals surface area contributed by atoms with E-state index >= 15 is 0 Å². The fraction of sp³-hybridized carbons (Fsp3) is 0. The van der Waals surface area contributed by atoms with Crippen LogP contribution in [0.25, 0.3) is 0 Å². The van der Waals surface area contributed by atoms with Crippen LogP contribution in [0.5, 0.6) is 0 Å². The Kier molecular flexibility index (Phi) is 3.84. The number of nitrogens with one attached hydrogen (secondary N) is 1. The minimum Gasteiger partial charge on any atom is -0.268 e. The van der Waals surface area contributed by atoms with Gasteiger partial charge in [0.2, 0.25) is 5.82 Å². The van der Waals surface area contributed by atoms with E-state index in [-0.39, 0.29) is 0 Å². The molecular weight excluding hydrogens is 293 g/mol. The first-order chi connectivity index (χ1) is 8.11. The molecule has 0 fully saturated rings. The predicted octanol–water partition coefficient (Wildman–Crippen LogP) is 0.321. The van der Waals surface area contributed by atoms with Crippen LogP contribution < -0.4 is 9.86 Å². The number of rotatable bonds is 3. The first-order valence-corrected chi connectivity index (χ1v) is 6.02. The molecular formula is C7H5ClFN3O5S. The van der Waals surface area contributed by atoms with Gasteiger partial charge in [-0.2, -0.15) is 12.8 Å². The second kappa shape index (κ2) is 4.84. The molecule has 1 amide bonds. The van der Waals surface area contributed by atoms with Gasteiger partial charge >= 0.3 is 5.69 Å². The van der Waals surface area contributed by atoms with E-state index < -0.39 is 43.1 Å². The quantitative estimate of drug-likeness (QED) is 0.612. The molecule has 0 radical (unpaired) electrons. The van der Waals surface area contributed by atoms with Crippen LogP contribution in [0.15, 0.2) is 12.1 Å². The second-order valence-electron chi connectivity index (χ2n) is 3.02. The number of hydrogen-bond donors (Lipinski definition) is 2. The van der Waals surface area contributed by atoms with Crippen LogP contribution in [0, 0.1) is 15.9 Å². The van der Waals surface area contributed by atoms with Crippen molar-refractivity contribution >= 4 is 33.4 Å². The Balaban J connectivity index is 3.29. The summed E-state index contributed by atoms with van der Waals surface area (Å²) in [6.45, 7) is 0. The highest BCUT2D eigenvalue weighted by Gasteiger charge is 2.22. The predicted molar refractivity (Wildman–Crippen MR) is 58.6 cm³/mol. The summed E-state index contributed by atoms with van der Waals surface area (Å²) in [5.74, 6) is -2.55. The van der Waals surface area contributed by atoms with E-state index in [1.54, 1.807) is 0 Å². The van der Waals surface area contributed by atoms with Gasteiger partial charge in [0.1, 0.15) is 0 Å². The molecule has 8 nitrogen and oxygen atoms in total. The van der Waals surface area contributed by atoms with E-state index in [0.29, 0.717) is 12.1 Å². The summed E-state index contributed by atoms with van der Waals surface area (Å²) in [5, 5.41) is 14.5. The highest BCUT2D eigenvalue weighted by Crippen LogP contribution is 2.25. The molecule has 3 N–H and O–H groups in total. The van der Waals surface area contributed by atoms with Gasteiger partial charge in [0.15, 0.2) is 0 Å². The minimum atomic E-state index is -4.35. The molecule has 0 aliphatic heterocycles. The number of hydrogen-bond acceptors (Lipinski definition) is 5. The molecule has 0 saturated heterocycles. The number of carbonyl (C=O) groups excluding carboxylic acids is 1. The van der Waals surface area contributed by atoms with Crippen LogP contribution in [0.2, 0.25) is 5.02 Å². The number of benzene rings is 1. The average Bonchev–Trinajstić information content (AvgIpc) is 2.13. The fourth-order valence-electron chi connectivity index (χ4n) is 1.04. The molecule has 0 aromatic heterocycles. The van der Waals surface area contributed by atoms with Gasteiger partial charge in [-0.25, -0.2) is 9.86 Å². The Morgan fingerprint density at radius 3 is 2.50 bits per heavy atom. The molecule has 98 valence electrons. The maximum absolute atomic E-state index is 13.1. The summed E-state index contributed by atoms with van der Waals surface area (Å²) in [7, 11) is -4.35. The molecule has 0 unspecified atom stereocenters. The molecule has 0 atom stereocenters. The summed E-state index contributed by atoms with van der Waals surface area (Å²) in [6.07, 6.45) is 0. The van der Waals surface area contributed by atoms with Crippen molar-refractivity contribution in [1.29, 1.82) is 0 Å². The van der Waals surface area contributed by atoms with Gasteiger partial charge in [0.25, 0.3) is 16.1 Å². The van der Waals surface area contributed by atoms with Crippen LogP contribution in [-0.2, 0) is 10.2 Å². The van der Waals surface area contributed by atoms with Crippen LogP contribution in [0.3, 0.4) is 0 Å². The van der Waals surface area contributed by atoms with Crippen molar-refractivity contribution in [2.75, 3.05) is 0 Å². The van der Waals surface area contributed by atoms with E-state index in [4.69, 9.17) is 11.6 Å². The zero-order valence-corrected chi connectivity index (χ0v) is 9.96. The Hall–Kier alpha value is -1.78. The highest BCUT2D eigenvalue weighted by atomic mass is 35.5. The number of nitrogens with two attached hydrogens (primary N) is 1. The summed E-state index contributed by atoms with van der Waals surface area (Å²) < 4.78 is 35.6. The first-order valence-electron chi connectivity index (χ1n) is 4.10. The Bertz CT molecular complexity index is 632. The topological polar surface area (TPSA) is 132 Å². The third-order valence-corrected chi connectivity index (χ3v) is 2.50. The van der Waals surface area contributed by atoms with E-state index in [0.717, 1.165) is 0 Å². The second-order valence-corrected chi connectivity index (χ2v) is 4.72. The van der Waals surface area contributed by atoms with E-state index in [1.807, 2.05) is 0 Å². The number of nitrogens with zero attached hydrogens (tertiary/aromatic N) is 1. The Morgan fingerprint density at radius 1 is 1.50 bits per heavy atom. The van der Waals surface area contributed by atoms with E-state index in [1.165, 1.54) is 4.72 Å². The summed E-state index contributed by atoms with van der Waals surface area (Å²) >= 11 is 5.47. The molecule has 18 heavy (non-hydrogen) atoms. The molecule has 0 aliphatic carbocycles. The number of carbonyl (C=O) groups is 1. The van der Waals surface area contributed by atoms with Gasteiger partial charge < -0.3 is 0 Å². The molecule has 0 aliphatic rings. The third-order valence-electron chi connectivity index (χ3n) is 1.71. The maximum atomic E-state index is 13.1. The van der Waals surface area contributed by atoms with Crippen LogP contribution in [0.1, 0.15) is 10.4 Å². The molecule has 0 bridgehead atoms. The maximum Gasteiger partial charge on any atom is 0.305 e. The SMILES string of the molecule is NS(=O)(=O)NC(=O)c1cc([N+](=O)[O-])c(F)cc1Cl. The van der Waals surface area contributed by atoms with Gasteiger partial charge in [-0.15, -0.1) is 0 Å². The Morgan fingerprint density at radius 2 is 2.06 bits per heavy atom. The van der Waals surface area contributed by atoms with Crippen molar-refractivity contribution < 1.29 is 22.5 Å². The number of nitro groups is 1. The number of amides is 1. The fourth-order valence-corrected chi connectivity index (χ4v) is 1.64. The largest absolute Gasteiger partial charge is 0.305 e. The summed E-state index contributed by atoms with van der Waals surface area (Å²) in [6, 6.07) is 1.04. The van der Waals surface area contributed by atoms with Gasteiger partial charge in [0, 0.05) is 12.1 Å². The van der Waals surface area contributed by atoms with Crippen molar-refractivity contribution in [2.24, 2.45) is 5.14 Å². The first kappa shape index (κ1) is 14.3. The number of halogens is 2. The lowest BCUT2D eigenvalue weighted by Crippen LogP contribution is -2.36. The van der Waals surface area contributed by atoms with Crippen molar-refractivity contribution in [3.8, 4) is 0 Å². The lowest BCUT2D eigenvalue weighted by molar-refractivity contribution is -0.387. The van der Waals surface area contributed by atoms with Crippen molar-refractivity contribution in [3.63, 3.8) is 0 Å².